The first-order valence-corrected chi connectivity index (χ1v) is 21.6. The number of carbonyl (C=O) groups is 6. The van der Waals surface area contributed by atoms with E-state index in [0.29, 0.717) is 88.1 Å². The number of piperidine rings is 1. The van der Waals surface area contributed by atoms with Crippen LogP contribution in [0.2, 0.25) is 0 Å². The number of aryl methyl sites for hydroxylation is 1. The lowest BCUT2D eigenvalue weighted by Crippen LogP contribution is -2.54. The molecule has 0 spiro atoms. The number of ether oxygens (including phenoxy) is 3. The SMILES string of the molecule is CCc1cc2c(cc1N1CCN(C(=O)CCOCCOCCOCCNc3cccc4c3C(=O)N(C3CCC(=O)NC3=O)C4=O)CC1)C(C)(C)c1[nH]c3cc(C#N)ccc3c1C2=O. The number of fused-ring (bicyclic) bond motifs is 5. The van der Waals surface area contributed by atoms with E-state index in [2.05, 4.69) is 59.5 Å². The molecule has 3 aromatic carbocycles. The second-order valence-electron chi connectivity index (χ2n) is 16.6. The van der Waals surface area contributed by atoms with Crippen molar-refractivity contribution < 1.29 is 43.0 Å². The van der Waals surface area contributed by atoms with Crippen molar-refractivity contribution >= 4 is 57.6 Å². The Bertz CT molecular complexity index is 2550. The van der Waals surface area contributed by atoms with Crippen LogP contribution in [0.1, 0.15) is 99.1 Å². The van der Waals surface area contributed by atoms with Gasteiger partial charge >= 0.3 is 0 Å². The Hall–Kier alpha value is -6.41. The van der Waals surface area contributed by atoms with Crippen molar-refractivity contribution in [1.82, 2.24) is 20.1 Å². The number of aromatic nitrogens is 1. The number of hydrogen-bond donors (Lipinski definition) is 3. The molecule has 8 rings (SSSR count). The van der Waals surface area contributed by atoms with Gasteiger partial charge in [-0.05, 0) is 60.4 Å². The number of H-pyrrole nitrogens is 1. The predicted octanol–water partition coefficient (Wildman–Crippen LogP) is 4.07. The van der Waals surface area contributed by atoms with E-state index in [0.717, 1.165) is 44.7 Å². The average molecular weight is 858 g/mol. The molecule has 63 heavy (non-hydrogen) atoms. The van der Waals surface area contributed by atoms with Gasteiger partial charge in [0, 0.05) is 78.1 Å². The Labute approximate surface area is 364 Å². The molecule has 3 N–H and O–H groups in total. The molecule has 1 unspecified atom stereocenters. The monoisotopic (exact) mass is 857 g/mol. The van der Waals surface area contributed by atoms with Crippen LogP contribution in [0.5, 0.6) is 0 Å². The summed E-state index contributed by atoms with van der Waals surface area (Å²) < 4.78 is 17.0. The van der Waals surface area contributed by atoms with Crippen LogP contribution >= 0.6 is 0 Å². The molecule has 4 aliphatic rings. The van der Waals surface area contributed by atoms with Gasteiger partial charge in [0.1, 0.15) is 6.04 Å². The highest BCUT2D eigenvalue weighted by atomic mass is 16.5. The Morgan fingerprint density at radius 1 is 0.873 bits per heavy atom. The average Bonchev–Trinajstić information content (AvgIpc) is 3.80. The van der Waals surface area contributed by atoms with Crippen LogP contribution in [0.4, 0.5) is 11.4 Å². The number of ketones is 1. The highest BCUT2D eigenvalue weighted by molar-refractivity contribution is 6.25. The highest BCUT2D eigenvalue weighted by Crippen LogP contribution is 2.46. The van der Waals surface area contributed by atoms with Gasteiger partial charge in [-0.2, -0.15) is 5.26 Å². The molecule has 1 atom stereocenters. The number of hydrogen-bond acceptors (Lipinski definition) is 12. The molecule has 5 amide bonds. The van der Waals surface area contributed by atoms with Gasteiger partial charge in [0.2, 0.25) is 17.7 Å². The first-order valence-electron chi connectivity index (χ1n) is 21.6. The minimum absolute atomic E-state index is 0.00561. The molecule has 1 aliphatic carbocycles. The van der Waals surface area contributed by atoms with Gasteiger partial charge in [-0.15, -0.1) is 0 Å². The zero-order chi connectivity index (χ0) is 44.4. The first-order chi connectivity index (χ1) is 30.4. The van der Waals surface area contributed by atoms with E-state index < -0.39 is 35.1 Å². The maximum absolute atomic E-state index is 14.0. The molecule has 2 saturated heterocycles. The van der Waals surface area contributed by atoms with Crippen LogP contribution in [0, 0.1) is 11.3 Å². The van der Waals surface area contributed by atoms with Gasteiger partial charge in [0.25, 0.3) is 11.8 Å². The molecule has 328 valence electrons. The third-order valence-electron chi connectivity index (χ3n) is 12.5. The second kappa shape index (κ2) is 18.1. The molecule has 4 heterocycles. The van der Waals surface area contributed by atoms with Crippen molar-refractivity contribution in [3.8, 4) is 6.07 Å². The minimum Gasteiger partial charge on any atom is -0.382 e. The Kier molecular flexibility index (Phi) is 12.4. The van der Waals surface area contributed by atoms with Gasteiger partial charge in [-0.1, -0.05) is 32.9 Å². The van der Waals surface area contributed by atoms with Gasteiger partial charge in [0.05, 0.1) is 74.4 Å². The summed E-state index contributed by atoms with van der Waals surface area (Å²) in [6.45, 7) is 11.2. The van der Waals surface area contributed by atoms with E-state index in [1.165, 1.54) is 0 Å². The van der Waals surface area contributed by atoms with Crippen LogP contribution in [0.15, 0.2) is 48.5 Å². The zero-order valence-corrected chi connectivity index (χ0v) is 35.8. The van der Waals surface area contributed by atoms with Crippen molar-refractivity contribution in [1.29, 1.82) is 5.26 Å². The third-order valence-corrected chi connectivity index (χ3v) is 12.5. The lowest BCUT2D eigenvalue weighted by Gasteiger charge is -2.39. The van der Waals surface area contributed by atoms with Crippen LogP contribution in [-0.4, -0.2) is 129 Å². The van der Waals surface area contributed by atoms with E-state index in [1.807, 2.05) is 11.0 Å². The van der Waals surface area contributed by atoms with Gasteiger partial charge in [-0.25, -0.2) is 0 Å². The Morgan fingerprint density at radius 2 is 1.60 bits per heavy atom. The van der Waals surface area contributed by atoms with Crippen molar-refractivity contribution in [3.63, 3.8) is 0 Å². The highest BCUT2D eigenvalue weighted by Gasteiger charge is 2.46. The standard InChI is InChI=1S/C47H51N7O9/c1-4-29-25-32-33(47(2,3)43-41(42(32)57)30-9-8-28(27-48)24-35(30)50-43)26-37(29)52-14-16-53(17-15-52)39(56)12-18-61-20-22-63-23-21-62-19-13-49-34-7-5-6-31-40(34)46(60)54(45(31)59)36-10-11-38(55)51-44(36)58/h5-9,24-26,36,49-50H,4,10-23H2,1-3H3,(H,51,55,58). The fourth-order valence-electron chi connectivity index (χ4n) is 9.13. The van der Waals surface area contributed by atoms with Crippen molar-refractivity contribution in [2.75, 3.05) is 82.6 Å². The van der Waals surface area contributed by atoms with E-state index in [1.54, 1.807) is 30.3 Å². The van der Waals surface area contributed by atoms with Crippen molar-refractivity contribution in [3.05, 3.63) is 93.2 Å². The quantitative estimate of drug-likeness (QED) is 0.108. The molecule has 16 nitrogen and oxygen atoms in total. The predicted molar refractivity (Wildman–Crippen MR) is 232 cm³/mol. The van der Waals surface area contributed by atoms with Gasteiger partial charge < -0.3 is 34.3 Å². The summed E-state index contributed by atoms with van der Waals surface area (Å²) in [5.41, 5.74) is 7.11. The number of rotatable bonds is 16. The summed E-state index contributed by atoms with van der Waals surface area (Å²) in [5, 5.41) is 15.6. The van der Waals surface area contributed by atoms with Gasteiger partial charge in [0.15, 0.2) is 5.78 Å². The number of imide groups is 2. The number of piperazine rings is 1. The van der Waals surface area contributed by atoms with E-state index in [-0.39, 0.29) is 48.7 Å². The number of amides is 5. The summed E-state index contributed by atoms with van der Waals surface area (Å²) in [4.78, 5) is 86.0. The maximum atomic E-state index is 14.0. The Balaban J connectivity index is 0.724. The van der Waals surface area contributed by atoms with Crippen LogP contribution in [0.3, 0.4) is 0 Å². The summed E-state index contributed by atoms with van der Waals surface area (Å²) in [5.74, 6) is -2.18. The largest absolute Gasteiger partial charge is 0.382 e. The Morgan fingerprint density at radius 3 is 2.32 bits per heavy atom. The number of nitriles is 1. The molecule has 2 fully saturated rings. The van der Waals surface area contributed by atoms with Crippen molar-refractivity contribution in [2.45, 2.75) is 57.9 Å². The minimum atomic E-state index is -1.03. The van der Waals surface area contributed by atoms with Crippen molar-refractivity contribution in [2.24, 2.45) is 0 Å². The molecular formula is C47H51N7O9. The summed E-state index contributed by atoms with van der Waals surface area (Å²) >= 11 is 0. The summed E-state index contributed by atoms with van der Waals surface area (Å²) in [6.07, 6.45) is 1.17. The van der Waals surface area contributed by atoms with Crippen LogP contribution in [-0.2, 0) is 40.4 Å². The smallest absolute Gasteiger partial charge is 0.264 e. The molecule has 0 bridgehead atoms. The molecule has 0 saturated carbocycles. The zero-order valence-electron chi connectivity index (χ0n) is 35.8. The maximum Gasteiger partial charge on any atom is 0.264 e. The fourth-order valence-corrected chi connectivity index (χ4v) is 9.13. The number of aromatic amines is 1. The fraction of sp³-hybridized carbons (Fsp3) is 0.426. The molecule has 3 aliphatic heterocycles. The number of nitrogens with one attached hydrogen (secondary N) is 3. The molecule has 0 radical (unpaired) electrons. The third kappa shape index (κ3) is 8.31. The molecule has 1 aromatic heterocycles. The number of anilines is 2. The molecule has 16 heteroatoms. The first kappa shape index (κ1) is 43.2. The lowest BCUT2D eigenvalue weighted by molar-refractivity contribution is -0.136. The van der Waals surface area contributed by atoms with Crippen LogP contribution < -0.4 is 15.5 Å². The molecule has 4 aromatic rings. The number of nitrogens with zero attached hydrogens (tertiary/aromatic N) is 4. The topological polar surface area (TPSA) is 203 Å². The van der Waals surface area contributed by atoms with E-state index in [4.69, 9.17) is 14.2 Å². The summed E-state index contributed by atoms with van der Waals surface area (Å²) in [6, 6.07) is 15.7. The van der Waals surface area contributed by atoms with E-state index >= 15 is 0 Å². The number of carbonyl (C=O) groups excluding carboxylic acids is 6. The normalized spacial score (nSPS) is 18.0. The molecular weight excluding hydrogens is 807 g/mol. The van der Waals surface area contributed by atoms with Gasteiger partial charge in [-0.3, -0.25) is 39.0 Å². The second-order valence-corrected chi connectivity index (χ2v) is 16.6. The lowest BCUT2D eigenvalue weighted by atomic mass is 9.70. The number of benzene rings is 3. The van der Waals surface area contributed by atoms with E-state index in [9.17, 15) is 34.0 Å². The summed E-state index contributed by atoms with van der Waals surface area (Å²) in [7, 11) is 0. The van der Waals surface area contributed by atoms with Crippen LogP contribution in [0.25, 0.3) is 10.9 Å².